The molecule has 3 N–H and O–H groups in total. The normalized spacial score (nSPS) is 10.0. The third-order valence-corrected chi connectivity index (χ3v) is 2.39. The molecule has 0 saturated heterocycles. The summed E-state index contributed by atoms with van der Waals surface area (Å²) in [4.78, 5) is 26.4. The van der Waals surface area contributed by atoms with Crippen LogP contribution in [0.2, 0.25) is 0 Å². The molecule has 1 aromatic heterocycles. The second-order valence-electron chi connectivity index (χ2n) is 3.69. The fourth-order valence-corrected chi connectivity index (χ4v) is 1.48. The highest BCUT2D eigenvalue weighted by atomic mass is 16.2. The minimum Gasteiger partial charge on any atom is -0.366 e. The lowest BCUT2D eigenvalue weighted by Crippen LogP contribution is -2.27. The molecule has 0 unspecified atom stereocenters. The van der Waals surface area contributed by atoms with Crippen molar-refractivity contribution in [3.63, 3.8) is 0 Å². The van der Waals surface area contributed by atoms with Crippen LogP contribution in [0.4, 0.5) is 4.79 Å². The van der Waals surface area contributed by atoms with Gasteiger partial charge in [-0.2, -0.15) is 0 Å². The lowest BCUT2D eigenvalue weighted by Gasteiger charge is -2.06. The van der Waals surface area contributed by atoms with E-state index in [-0.39, 0.29) is 6.03 Å². The maximum atomic E-state index is 11.6. The van der Waals surface area contributed by atoms with Gasteiger partial charge in [-0.3, -0.25) is 9.36 Å². The maximum Gasteiger partial charge on any atom is 0.327 e. The molecule has 0 radical (unpaired) electrons. The molecule has 2 aromatic rings. The van der Waals surface area contributed by atoms with Crippen LogP contribution in [0.5, 0.6) is 0 Å². The number of imidazole rings is 1. The van der Waals surface area contributed by atoms with E-state index in [1.165, 1.54) is 17.1 Å². The Morgan fingerprint density at radius 1 is 1.39 bits per heavy atom. The monoisotopic (exact) mass is 244 g/mol. The first kappa shape index (κ1) is 11.8. The van der Waals surface area contributed by atoms with Gasteiger partial charge in [-0.1, -0.05) is 12.1 Å². The molecule has 1 aromatic carbocycles. The molecule has 18 heavy (non-hydrogen) atoms. The summed E-state index contributed by atoms with van der Waals surface area (Å²) in [5.74, 6) is -0.488. The predicted molar refractivity (Wildman–Crippen MR) is 64.8 cm³/mol. The Kier molecular flexibility index (Phi) is 3.38. The van der Waals surface area contributed by atoms with Crippen molar-refractivity contribution in [2.75, 3.05) is 0 Å². The first-order valence-electron chi connectivity index (χ1n) is 5.32. The van der Waals surface area contributed by atoms with Crippen molar-refractivity contribution < 1.29 is 9.59 Å². The lowest BCUT2D eigenvalue weighted by molar-refractivity contribution is 0.1000. The summed E-state index contributed by atoms with van der Waals surface area (Å²) < 4.78 is 1.33. The molecule has 2 rings (SSSR count). The van der Waals surface area contributed by atoms with Gasteiger partial charge in [0.25, 0.3) is 0 Å². The van der Waals surface area contributed by atoms with E-state index in [9.17, 15) is 9.59 Å². The number of carbonyl (C=O) groups is 2. The first-order chi connectivity index (χ1) is 8.66. The van der Waals surface area contributed by atoms with Crippen molar-refractivity contribution in [1.82, 2.24) is 14.9 Å². The van der Waals surface area contributed by atoms with Crippen LogP contribution >= 0.6 is 0 Å². The second kappa shape index (κ2) is 5.13. The molecule has 2 amide bonds. The molecule has 0 aliphatic rings. The SMILES string of the molecule is NC(=O)c1cccc(CNC(=O)n2ccnc2)c1. The van der Waals surface area contributed by atoms with Crippen LogP contribution in [0.3, 0.4) is 0 Å². The number of hydrogen-bond donors (Lipinski definition) is 2. The van der Waals surface area contributed by atoms with E-state index in [4.69, 9.17) is 5.73 Å². The Hall–Kier alpha value is -2.63. The Balaban J connectivity index is 2.00. The van der Waals surface area contributed by atoms with E-state index in [1.807, 2.05) is 0 Å². The summed E-state index contributed by atoms with van der Waals surface area (Å²) in [6, 6.07) is 6.52. The molecule has 0 spiro atoms. The van der Waals surface area contributed by atoms with Crippen LogP contribution in [0.1, 0.15) is 15.9 Å². The Labute approximate surface area is 103 Å². The van der Waals surface area contributed by atoms with E-state index in [0.717, 1.165) is 5.56 Å². The number of nitrogens with one attached hydrogen (secondary N) is 1. The summed E-state index contributed by atoms with van der Waals surface area (Å²) in [5.41, 5.74) is 6.40. The van der Waals surface area contributed by atoms with Crippen molar-refractivity contribution in [1.29, 1.82) is 0 Å². The topological polar surface area (TPSA) is 90.0 Å². The zero-order valence-electron chi connectivity index (χ0n) is 9.54. The van der Waals surface area contributed by atoms with Crippen molar-refractivity contribution in [3.05, 3.63) is 54.1 Å². The average Bonchev–Trinajstić information content (AvgIpc) is 2.90. The van der Waals surface area contributed by atoms with Crippen LogP contribution in [-0.4, -0.2) is 21.5 Å². The Bertz CT molecular complexity index is 563. The Morgan fingerprint density at radius 3 is 2.89 bits per heavy atom. The van der Waals surface area contributed by atoms with Crippen LogP contribution < -0.4 is 11.1 Å². The van der Waals surface area contributed by atoms with Crippen LogP contribution in [0, 0.1) is 0 Å². The van der Waals surface area contributed by atoms with Gasteiger partial charge in [-0.15, -0.1) is 0 Å². The van der Waals surface area contributed by atoms with Gasteiger partial charge < -0.3 is 11.1 Å². The number of rotatable bonds is 3. The fraction of sp³-hybridized carbons (Fsp3) is 0.0833. The van der Waals surface area contributed by atoms with Crippen LogP contribution in [-0.2, 0) is 6.54 Å². The third kappa shape index (κ3) is 2.73. The molecule has 0 atom stereocenters. The molecular formula is C12H12N4O2. The van der Waals surface area contributed by atoms with E-state index >= 15 is 0 Å². The minimum atomic E-state index is -0.488. The number of nitrogens with zero attached hydrogens (tertiary/aromatic N) is 2. The van der Waals surface area contributed by atoms with Gasteiger partial charge in [0.15, 0.2) is 0 Å². The number of nitrogens with two attached hydrogens (primary N) is 1. The molecule has 0 aliphatic carbocycles. The standard InChI is InChI=1S/C12H12N4O2/c13-11(17)10-3-1-2-9(6-10)7-15-12(18)16-5-4-14-8-16/h1-6,8H,7H2,(H2,13,17)(H,15,18). The summed E-state index contributed by atoms with van der Waals surface area (Å²) in [7, 11) is 0. The van der Waals surface area contributed by atoms with Crippen molar-refractivity contribution >= 4 is 11.9 Å². The van der Waals surface area contributed by atoms with Gasteiger partial charge in [-0.25, -0.2) is 9.78 Å². The van der Waals surface area contributed by atoms with Gasteiger partial charge in [0.2, 0.25) is 5.91 Å². The molecule has 0 bridgehead atoms. The van der Waals surface area contributed by atoms with Crippen LogP contribution in [0.25, 0.3) is 0 Å². The van der Waals surface area contributed by atoms with Gasteiger partial charge in [0.1, 0.15) is 6.33 Å². The number of aromatic nitrogens is 2. The van der Waals surface area contributed by atoms with Crippen LogP contribution in [0.15, 0.2) is 43.0 Å². The summed E-state index contributed by atoms with van der Waals surface area (Å²) in [6.07, 6.45) is 4.48. The average molecular weight is 244 g/mol. The minimum absolute atomic E-state index is 0.281. The zero-order valence-corrected chi connectivity index (χ0v) is 9.54. The number of primary amides is 1. The van der Waals surface area contributed by atoms with E-state index in [1.54, 1.807) is 30.5 Å². The van der Waals surface area contributed by atoms with E-state index in [0.29, 0.717) is 12.1 Å². The number of hydrogen-bond acceptors (Lipinski definition) is 3. The highest BCUT2D eigenvalue weighted by Gasteiger charge is 2.04. The maximum absolute atomic E-state index is 11.6. The molecule has 92 valence electrons. The van der Waals surface area contributed by atoms with E-state index < -0.39 is 5.91 Å². The van der Waals surface area contributed by atoms with Gasteiger partial charge in [0.05, 0.1) is 0 Å². The van der Waals surface area contributed by atoms with E-state index in [2.05, 4.69) is 10.3 Å². The zero-order chi connectivity index (χ0) is 13.0. The quantitative estimate of drug-likeness (QED) is 0.834. The largest absolute Gasteiger partial charge is 0.366 e. The van der Waals surface area contributed by atoms with Gasteiger partial charge in [-0.05, 0) is 17.7 Å². The first-order valence-corrected chi connectivity index (χ1v) is 5.32. The summed E-state index contributed by atoms with van der Waals surface area (Å²) >= 11 is 0. The van der Waals surface area contributed by atoms with Gasteiger partial charge in [0, 0.05) is 24.5 Å². The molecule has 6 heteroatoms. The molecular weight excluding hydrogens is 232 g/mol. The highest BCUT2D eigenvalue weighted by Crippen LogP contribution is 2.04. The highest BCUT2D eigenvalue weighted by molar-refractivity contribution is 5.92. The Morgan fingerprint density at radius 2 is 2.22 bits per heavy atom. The molecule has 0 aliphatic heterocycles. The number of benzene rings is 1. The molecule has 1 heterocycles. The molecule has 6 nitrogen and oxygen atoms in total. The molecule has 0 saturated carbocycles. The smallest absolute Gasteiger partial charge is 0.327 e. The summed E-state index contributed by atoms with van der Waals surface area (Å²) in [6.45, 7) is 0.318. The van der Waals surface area contributed by atoms with Crippen molar-refractivity contribution in [2.24, 2.45) is 5.73 Å². The summed E-state index contributed by atoms with van der Waals surface area (Å²) in [5, 5.41) is 2.70. The molecule has 0 fully saturated rings. The van der Waals surface area contributed by atoms with Crippen molar-refractivity contribution in [3.8, 4) is 0 Å². The number of carbonyl (C=O) groups excluding carboxylic acids is 2. The number of amides is 2. The second-order valence-corrected chi connectivity index (χ2v) is 3.69. The lowest BCUT2D eigenvalue weighted by atomic mass is 10.1. The third-order valence-electron chi connectivity index (χ3n) is 2.39. The van der Waals surface area contributed by atoms with Gasteiger partial charge >= 0.3 is 6.03 Å². The predicted octanol–water partition coefficient (Wildman–Crippen LogP) is 0.740. The fourth-order valence-electron chi connectivity index (χ4n) is 1.48. The van der Waals surface area contributed by atoms with Crippen molar-refractivity contribution in [2.45, 2.75) is 6.54 Å².